The average molecular weight is 347 g/mol. The molecule has 0 bridgehead atoms. The second-order valence-electron chi connectivity index (χ2n) is 6.39. The molecule has 0 spiro atoms. The van der Waals surface area contributed by atoms with Crippen LogP contribution in [0.15, 0.2) is 41.3 Å². The van der Waals surface area contributed by atoms with Crippen molar-refractivity contribution in [1.29, 1.82) is 0 Å². The zero-order valence-corrected chi connectivity index (χ0v) is 14.4. The maximum absolute atomic E-state index is 12.8. The van der Waals surface area contributed by atoms with Crippen LogP contribution >= 0.6 is 0 Å². The number of carboxylic acids is 1. The summed E-state index contributed by atoms with van der Waals surface area (Å²) in [6.07, 6.45) is 2.31. The molecule has 1 heterocycles. The van der Waals surface area contributed by atoms with Crippen LogP contribution in [0.5, 0.6) is 0 Å². The molecule has 2 aromatic carbocycles. The minimum absolute atomic E-state index is 0.161. The molecule has 0 aromatic heterocycles. The Bertz CT molecular complexity index is 870. The molecule has 1 atom stereocenters. The molecule has 1 aliphatic rings. The van der Waals surface area contributed by atoms with E-state index in [1.807, 2.05) is 31.2 Å². The third kappa shape index (κ3) is 2.98. The number of carboxylic acid groups (broad SMARTS) is 1. The topological polar surface area (TPSA) is 74.7 Å². The number of hydrogen-bond acceptors (Lipinski definition) is 3. The van der Waals surface area contributed by atoms with E-state index < -0.39 is 16.0 Å². The summed E-state index contributed by atoms with van der Waals surface area (Å²) in [6.45, 7) is 2.43. The minimum atomic E-state index is -3.48. The van der Waals surface area contributed by atoms with Crippen LogP contribution in [-0.4, -0.2) is 26.0 Å². The summed E-state index contributed by atoms with van der Waals surface area (Å²) in [5, 5.41) is 10.5. The molecule has 0 saturated carbocycles. The van der Waals surface area contributed by atoms with E-state index in [0.717, 1.165) is 22.9 Å². The third-order valence-corrected chi connectivity index (χ3v) is 6.45. The van der Waals surface area contributed by atoms with Crippen molar-refractivity contribution >= 4 is 32.5 Å². The molecule has 6 heteroatoms. The summed E-state index contributed by atoms with van der Waals surface area (Å²) in [4.78, 5) is 11.0. The van der Waals surface area contributed by atoms with Crippen molar-refractivity contribution in [3.8, 4) is 0 Å². The van der Waals surface area contributed by atoms with Crippen molar-refractivity contribution in [2.24, 2.45) is 5.92 Å². The van der Waals surface area contributed by atoms with E-state index in [4.69, 9.17) is 5.11 Å². The number of carbonyl (C=O) groups is 1. The van der Waals surface area contributed by atoms with E-state index in [0.29, 0.717) is 24.3 Å². The summed E-state index contributed by atoms with van der Waals surface area (Å²) in [6, 6.07) is 11.0. The molecule has 0 saturated heterocycles. The Balaban J connectivity index is 1.74. The fourth-order valence-corrected chi connectivity index (χ4v) is 5.05. The Hall–Kier alpha value is -2.08. The first-order valence-electron chi connectivity index (χ1n) is 8.17. The van der Waals surface area contributed by atoms with Crippen LogP contribution in [0.2, 0.25) is 0 Å². The standard InChI is InChI=1S/C18H21NO4S/c1-13(10-11-17(20)21)5-4-12-19-15-8-2-6-14-7-3-9-16(18(14)15)24(19,22)23/h2-3,6-9,13H,4-5,10-12H2,1H3,(H,20,21). The lowest BCUT2D eigenvalue weighted by molar-refractivity contribution is -0.137. The highest BCUT2D eigenvalue weighted by atomic mass is 32.2. The summed E-state index contributed by atoms with van der Waals surface area (Å²) in [5.74, 6) is -0.518. The lowest BCUT2D eigenvalue weighted by Gasteiger charge is -2.19. The summed E-state index contributed by atoms with van der Waals surface area (Å²) < 4.78 is 27.1. The predicted octanol–water partition coefficient (Wildman–Crippen LogP) is 3.63. The zero-order chi connectivity index (χ0) is 17.3. The molecule has 24 heavy (non-hydrogen) atoms. The van der Waals surface area contributed by atoms with Crippen LogP contribution in [0.1, 0.15) is 32.6 Å². The van der Waals surface area contributed by atoms with Crippen LogP contribution in [-0.2, 0) is 14.8 Å². The summed E-state index contributed by atoms with van der Waals surface area (Å²) in [7, 11) is -3.48. The summed E-state index contributed by atoms with van der Waals surface area (Å²) in [5.41, 5.74) is 0.751. The van der Waals surface area contributed by atoms with Crippen LogP contribution in [0.3, 0.4) is 0 Å². The van der Waals surface area contributed by atoms with Crippen molar-refractivity contribution in [3.63, 3.8) is 0 Å². The normalized spacial score (nSPS) is 16.5. The van der Waals surface area contributed by atoms with E-state index in [9.17, 15) is 13.2 Å². The number of rotatable bonds is 7. The van der Waals surface area contributed by atoms with Crippen LogP contribution in [0, 0.1) is 5.92 Å². The van der Waals surface area contributed by atoms with E-state index in [1.54, 1.807) is 12.1 Å². The predicted molar refractivity (Wildman–Crippen MR) is 93.7 cm³/mol. The molecule has 0 aliphatic carbocycles. The molecule has 3 rings (SSSR count). The Kier molecular flexibility index (Phi) is 4.49. The van der Waals surface area contributed by atoms with Gasteiger partial charge in [0.05, 0.1) is 10.6 Å². The first kappa shape index (κ1) is 16.8. The maximum atomic E-state index is 12.8. The van der Waals surface area contributed by atoms with Crippen molar-refractivity contribution in [1.82, 2.24) is 0 Å². The lowest BCUT2D eigenvalue weighted by Crippen LogP contribution is -2.28. The van der Waals surface area contributed by atoms with E-state index in [1.165, 1.54) is 4.31 Å². The fourth-order valence-electron chi connectivity index (χ4n) is 3.30. The first-order chi connectivity index (χ1) is 11.4. The van der Waals surface area contributed by atoms with E-state index in [2.05, 4.69) is 0 Å². The van der Waals surface area contributed by atoms with E-state index >= 15 is 0 Å². The molecule has 1 unspecified atom stereocenters. The van der Waals surface area contributed by atoms with Crippen LogP contribution in [0.25, 0.3) is 10.8 Å². The highest BCUT2D eigenvalue weighted by Gasteiger charge is 2.34. The van der Waals surface area contributed by atoms with Gasteiger partial charge in [0.2, 0.25) is 0 Å². The number of aliphatic carboxylic acids is 1. The summed E-state index contributed by atoms with van der Waals surface area (Å²) >= 11 is 0. The van der Waals surface area contributed by atoms with Crippen molar-refractivity contribution in [2.45, 2.75) is 37.5 Å². The van der Waals surface area contributed by atoms with Gasteiger partial charge >= 0.3 is 5.97 Å². The SMILES string of the molecule is CC(CCCN1c2cccc3cccc(c23)S1(=O)=O)CCC(=O)O. The molecule has 2 aromatic rings. The third-order valence-electron chi connectivity index (χ3n) is 4.59. The number of anilines is 1. The molecule has 1 aliphatic heterocycles. The molecular weight excluding hydrogens is 326 g/mol. The number of nitrogens with zero attached hydrogens (tertiary/aromatic N) is 1. The van der Waals surface area contributed by atoms with Gasteiger partial charge in [-0.1, -0.05) is 31.2 Å². The lowest BCUT2D eigenvalue weighted by atomic mass is 10.00. The van der Waals surface area contributed by atoms with Gasteiger partial charge in [-0.15, -0.1) is 0 Å². The van der Waals surface area contributed by atoms with E-state index in [-0.39, 0.29) is 12.3 Å². The van der Waals surface area contributed by atoms with Gasteiger partial charge in [0.15, 0.2) is 0 Å². The largest absolute Gasteiger partial charge is 0.481 e. The minimum Gasteiger partial charge on any atom is -0.481 e. The van der Waals surface area contributed by atoms with Gasteiger partial charge < -0.3 is 5.11 Å². The number of hydrogen-bond donors (Lipinski definition) is 1. The second kappa shape index (κ2) is 6.43. The zero-order valence-electron chi connectivity index (χ0n) is 13.6. The van der Waals surface area contributed by atoms with Crippen molar-refractivity contribution < 1.29 is 18.3 Å². The first-order valence-corrected chi connectivity index (χ1v) is 9.61. The number of benzene rings is 2. The van der Waals surface area contributed by atoms with Gasteiger partial charge in [0.1, 0.15) is 0 Å². The van der Waals surface area contributed by atoms with Crippen molar-refractivity contribution in [3.05, 3.63) is 36.4 Å². The van der Waals surface area contributed by atoms with Gasteiger partial charge in [0, 0.05) is 18.4 Å². The maximum Gasteiger partial charge on any atom is 0.303 e. The average Bonchev–Trinajstić information content (AvgIpc) is 2.76. The van der Waals surface area contributed by atoms with Crippen LogP contribution < -0.4 is 4.31 Å². The Morgan fingerprint density at radius 3 is 2.58 bits per heavy atom. The highest BCUT2D eigenvalue weighted by Crippen LogP contribution is 2.42. The fraction of sp³-hybridized carbons (Fsp3) is 0.389. The molecule has 0 fully saturated rings. The van der Waals surface area contributed by atoms with Gasteiger partial charge in [-0.3, -0.25) is 9.10 Å². The molecule has 1 N–H and O–H groups in total. The molecular formula is C18H21NO4S. The van der Waals surface area contributed by atoms with Gasteiger partial charge in [-0.25, -0.2) is 8.42 Å². The molecule has 128 valence electrons. The molecule has 0 radical (unpaired) electrons. The van der Waals surface area contributed by atoms with Gasteiger partial charge in [0.25, 0.3) is 10.0 Å². The smallest absolute Gasteiger partial charge is 0.303 e. The Morgan fingerprint density at radius 1 is 1.17 bits per heavy atom. The Morgan fingerprint density at radius 2 is 1.88 bits per heavy atom. The molecule has 0 amide bonds. The highest BCUT2D eigenvalue weighted by molar-refractivity contribution is 7.93. The Labute approximate surface area is 142 Å². The van der Waals surface area contributed by atoms with Crippen LogP contribution in [0.4, 0.5) is 5.69 Å². The van der Waals surface area contributed by atoms with Gasteiger partial charge in [-0.05, 0) is 42.7 Å². The quantitative estimate of drug-likeness (QED) is 0.830. The molecule has 5 nitrogen and oxygen atoms in total. The second-order valence-corrected chi connectivity index (χ2v) is 8.22. The van der Waals surface area contributed by atoms with Crippen molar-refractivity contribution in [2.75, 3.05) is 10.8 Å². The number of sulfonamides is 1. The monoisotopic (exact) mass is 347 g/mol. The van der Waals surface area contributed by atoms with Gasteiger partial charge in [-0.2, -0.15) is 0 Å².